The van der Waals surface area contributed by atoms with Crippen LogP contribution >= 0.6 is 0 Å². The van der Waals surface area contributed by atoms with Crippen molar-refractivity contribution in [3.8, 4) is 0 Å². The van der Waals surface area contributed by atoms with E-state index < -0.39 is 35.2 Å². The van der Waals surface area contributed by atoms with Crippen LogP contribution in [0, 0.1) is 0 Å². The quantitative estimate of drug-likeness (QED) is 0.663. The van der Waals surface area contributed by atoms with Crippen LogP contribution in [0.15, 0.2) is 11.1 Å². The second-order valence-corrected chi connectivity index (χ2v) is 5.81. The van der Waals surface area contributed by atoms with Gasteiger partial charge in [-0.1, -0.05) is 0 Å². The Morgan fingerprint density at radius 1 is 1.55 bits per heavy atom. The smallest absolute Gasteiger partial charge is 0.383 e. The van der Waals surface area contributed by atoms with Gasteiger partial charge < -0.3 is 11.1 Å². The van der Waals surface area contributed by atoms with E-state index >= 15 is 0 Å². The number of rotatable bonds is 5. The zero-order chi connectivity index (χ0) is 15.6. The first kappa shape index (κ1) is 16.2. The minimum Gasteiger partial charge on any atom is -0.383 e. The van der Waals surface area contributed by atoms with Crippen molar-refractivity contribution in [2.75, 3.05) is 25.9 Å². The van der Waals surface area contributed by atoms with Crippen LogP contribution in [0.25, 0.3) is 0 Å². The zero-order valence-corrected chi connectivity index (χ0v) is 11.0. The second kappa shape index (κ2) is 5.66. The number of anilines is 1. The third-order valence-corrected chi connectivity index (χ3v) is 4.00. The molecule has 0 saturated heterocycles. The summed E-state index contributed by atoms with van der Waals surface area (Å²) >= 11 is 0. The number of sulfonamides is 1. The number of aromatic amines is 1. The number of carbonyl (C=O) groups excluding carboxylic acids is 1. The van der Waals surface area contributed by atoms with Crippen molar-refractivity contribution in [2.45, 2.75) is 11.1 Å². The van der Waals surface area contributed by atoms with Gasteiger partial charge in [0.2, 0.25) is 15.9 Å². The van der Waals surface area contributed by atoms with Crippen molar-refractivity contribution in [1.82, 2.24) is 19.8 Å². The number of halogens is 3. The van der Waals surface area contributed by atoms with Crippen molar-refractivity contribution in [3.05, 3.63) is 6.20 Å². The molecule has 1 aromatic rings. The van der Waals surface area contributed by atoms with E-state index in [1.807, 2.05) is 0 Å². The average molecular weight is 315 g/mol. The second-order valence-electron chi connectivity index (χ2n) is 3.80. The van der Waals surface area contributed by atoms with E-state index in [1.54, 1.807) is 5.32 Å². The molecular formula is C8H12F3N5O3S. The molecule has 0 bridgehead atoms. The fraction of sp³-hybridized carbons (Fsp3) is 0.500. The van der Waals surface area contributed by atoms with E-state index in [2.05, 4.69) is 10.2 Å². The molecule has 0 spiro atoms. The minimum absolute atomic E-state index is 0.229. The van der Waals surface area contributed by atoms with E-state index in [-0.39, 0.29) is 10.7 Å². The summed E-state index contributed by atoms with van der Waals surface area (Å²) in [6, 6.07) is 0. The highest BCUT2D eigenvalue weighted by Gasteiger charge is 2.30. The van der Waals surface area contributed by atoms with E-state index in [1.165, 1.54) is 0 Å². The summed E-state index contributed by atoms with van der Waals surface area (Å²) in [7, 11) is -3.07. The first-order chi connectivity index (χ1) is 9.04. The molecule has 1 heterocycles. The highest BCUT2D eigenvalue weighted by atomic mass is 32.2. The van der Waals surface area contributed by atoms with Crippen LogP contribution in [-0.2, 0) is 14.8 Å². The lowest BCUT2D eigenvalue weighted by atomic mass is 10.5. The van der Waals surface area contributed by atoms with Crippen molar-refractivity contribution in [3.63, 3.8) is 0 Å². The molecule has 8 nitrogen and oxygen atoms in total. The predicted molar refractivity (Wildman–Crippen MR) is 61.9 cm³/mol. The highest BCUT2D eigenvalue weighted by Crippen LogP contribution is 2.18. The Balaban J connectivity index is 2.69. The van der Waals surface area contributed by atoms with E-state index in [4.69, 9.17) is 5.73 Å². The molecule has 0 atom stereocenters. The fourth-order valence-corrected chi connectivity index (χ4v) is 2.33. The Hall–Kier alpha value is -1.82. The number of hydrogen-bond donors (Lipinski definition) is 3. The number of amides is 1. The number of nitrogens with zero attached hydrogens (tertiary/aromatic N) is 2. The Morgan fingerprint density at radius 2 is 2.15 bits per heavy atom. The number of nitrogens with two attached hydrogens (primary N) is 1. The summed E-state index contributed by atoms with van der Waals surface area (Å²) in [5, 5.41) is 7.17. The van der Waals surface area contributed by atoms with E-state index in [0.717, 1.165) is 13.2 Å². The standard InChI is InChI=1S/C8H12F3N5O3S/c1-16(3-6(17)13-4-8(9,10)11)20(18,19)5-2-14-15-7(5)12/h2H,3-4H2,1H3,(H,13,17)(H3,12,14,15). The maximum atomic E-state index is 11.9. The third-order valence-electron chi connectivity index (χ3n) is 2.17. The Morgan fingerprint density at radius 3 is 2.60 bits per heavy atom. The van der Waals surface area contributed by atoms with Gasteiger partial charge in [0, 0.05) is 7.05 Å². The maximum Gasteiger partial charge on any atom is 0.405 e. The number of carbonyl (C=O) groups is 1. The Labute approximate surface area is 112 Å². The average Bonchev–Trinajstić information content (AvgIpc) is 2.72. The number of alkyl halides is 3. The monoisotopic (exact) mass is 315 g/mol. The van der Waals surface area contributed by atoms with E-state index in [9.17, 15) is 26.4 Å². The van der Waals surface area contributed by atoms with Gasteiger partial charge >= 0.3 is 6.18 Å². The van der Waals surface area contributed by atoms with E-state index in [0.29, 0.717) is 4.31 Å². The number of aromatic nitrogens is 2. The fourth-order valence-electron chi connectivity index (χ4n) is 1.20. The largest absolute Gasteiger partial charge is 0.405 e. The molecule has 12 heteroatoms. The number of H-pyrrole nitrogens is 1. The molecule has 0 aliphatic heterocycles. The lowest BCUT2D eigenvalue weighted by molar-refractivity contribution is -0.138. The molecule has 114 valence electrons. The summed E-state index contributed by atoms with van der Waals surface area (Å²) in [5.74, 6) is -1.32. The van der Waals surface area contributed by atoms with Crippen LogP contribution in [-0.4, -0.2) is 55.1 Å². The normalized spacial score (nSPS) is 12.7. The predicted octanol–water partition coefficient (Wildman–Crippen LogP) is -0.709. The molecule has 0 aliphatic rings. The molecule has 0 saturated carbocycles. The first-order valence-corrected chi connectivity index (χ1v) is 6.56. The van der Waals surface area contributed by atoms with Crippen LogP contribution in [0.5, 0.6) is 0 Å². The van der Waals surface area contributed by atoms with Crippen LogP contribution in [0.1, 0.15) is 0 Å². The molecule has 1 amide bonds. The van der Waals surface area contributed by atoms with Crippen molar-refractivity contribution >= 4 is 21.7 Å². The van der Waals surface area contributed by atoms with Gasteiger partial charge in [-0.3, -0.25) is 9.89 Å². The number of nitrogen functional groups attached to an aromatic ring is 1. The topological polar surface area (TPSA) is 121 Å². The lowest BCUT2D eigenvalue weighted by Crippen LogP contribution is -2.41. The minimum atomic E-state index is -4.57. The molecule has 20 heavy (non-hydrogen) atoms. The van der Waals surface area contributed by atoms with Crippen molar-refractivity contribution in [2.24, 2.45) is 0 Å². The molecule has 1 aromatic heterocycles. The summed E-state index contributed by atoms with van der Waals surface area (Å²) in [5.41, 5.74) is 5.34. The molecule has 0 aromatic carbocycles. The van der Waals surface area contributed by atoms with Gasteiger partial charge in [0.15, 0.2) is 0 Å². The third kappa shape index (κ3) is 4.09. The summed E-state index contributed by atoms with van der Waals surface area (Å²) in [6.07, 6.45) is -3.63. The van der Waals surface area contributed by atoms with Gasteiger partial charge in [-0.05, 0) is 0 Å². The lowest BCUT2D eigenvalue weighted by Gasteiger charge is -2.16. The van der Waals surface area contributed by atoms with Crippen LogP contribution in [0.4, 0.5) is 19.0 Å². The molecule has 0 aliphatic carbocycles. The van der Waals surface area contributed by atoms with Gasteiger partial charge in [0.05, 0.1) is 12.7 Å². The molecule has 0 radical (unpaired) electrons. The first-order valence-electron chi connectivity index (χ1n) is 5.12. The van der Waals surface area contributed by atoms with Crippen LogP contribution in [0.3, 0.4) is 0 Å². The molecule has 1 rings (SSSR count). The number of hydrogen-bond acceptors (Lipinski definition) is 5. The van der Waals surface area contributed by atoms with Gasteiger partial charge in [-0.25, -0.2) is 8.42 Å². The van der Waals surface area contributed by atoms with Gasteiger partial charge in [-0.2, -0.15) is 22.6 Å². The van der Waals surface area contributed by atoms with Gasteiger partial charge in [-0.15, -0.1) is 0 Å². The summed E-state index contributed by atoms with van der Waals surface area (Å²) in [6.45, 7) is -2.31. The number of nitrogens with one attached hydrogen (secondary N) is 2. The molecular weight excluding hydrogens is 303 g/mol. The zero-order valence-electron chi connectivity index (χ0n) is 10.2. The van der Waals surface area contributed by atoms with Crippen molar-refractivity contribution in [1.29, 1.82) is 0 Å². The highest BCUT2D eigenvalue weighted by molar-refractivity contribution is 7.89. The maximum absolute atomic E-state index is 11.9. The van der Waals surface area contributed by atoms with Crippen molar-refractivity contribution < 1.29 is 26.4 Å². The van der Waals surface area contributed by atoms with Gasteiger partial charge in [0.25, 0.3) is 0 Å². The number of likely N-dealkylation sites (N-methyl/N-ethyl adjacent to an activating group) is 1. The van der Waals surface area contributed by atoms with Crippen LogP contribution in [0.2, 0.25) is 0 Å². The summed E-state index contributed by atoms with van der Waals surface area (Å²) < 4.78 is 60.1. The molecule has 4 N–H and O–H groups in total. The Kier molecular flexibility index (Phi) is 4.60. The molecule has 0 fully saturated rings. The summed E-state index contributed by atoms with van der Waals surface area (Å²) in [4.78, 5) is 10.9. The molecule has 0 unspecified atom stereocenters. The van der Waals surface area contributed by atoms with Gasteiger partial charge in [0.1, 0.15) is 17.3 Å². The Bertz CT molecular complexity index is 582. The van der Waals surface area contributed by atoms with Crippen LogP contribution < -0.4 is 11.1 Å². The SMILES string of the molecule is CN(CC(=O)NCC(F)(F)F)S(=O)(=O)c1cn[nH]c1N.